The molecule has 0 spiro atoms. The summed E-state index contributed by atoms with van der Waals surface area (Å²) in [7, 11) is 3.61. The Balaban J connectivity index is 2.94. The van der Waals surface area contributed by atoms with E-state index < -0.39 is 27.9 Å². The molecule has 0 aromatic heterocycles. The summed E-state index contributed by atoms with van der Waals surface area (Å²) in [6.07, 6.45) is 0. The highest BCUT2D eigenvalue weighted by molar-refractivity contribution is 5.62. The molecule has 94 valence electrons. The Morgan fingerprint density at radius 2 is 2.06 bits per heavy atom. The number of halogens is 2. The number of likely N-dealkylation sites (N-methyl/N-ethyl adjacent to an activating group) is 1. The van der Waals surface area contributed by atoms with Gasteiger partial charge in [-0.05, 0) is 20.2 Å². The first kappa shape index (κ1) is 13.3. The molecule has 0 aliphatic carbocycles. The zero-order chi connectivity index (χ0) is 13.0. The fourth-order valence-electron chi connectivity index (χ4n) is 1.27. The Morgan fingerprint density at radius 1 is 1.41 bits per heavy atom. The fraction of sp³-hybridized carbons (Fsp3) is 0.400. The summed E-state index contributed by atoms with van der Waals surface area (Å²) in [4.78, 5) is 11.7. The van der Waals surface area contributed by atoms with Gasteiger partial charge in [-0.2, -0.15) is 0 Å². The summed E-state index contributed by atoms with van der Waals surface area (Å²) < 4.78 is 26.4. The molecule has 0 unspecified atom stereocenters. The van der Waals surface area contributed by atoms with E-state index >= 15 is 0 Å². The molecule has 0 atom stereocenters. The van der Waals surface area contributed by atoms with Crippen LogP contribution in [0.25, 0.3) is 0 Å². The molecule has 0 saturated carbocycles. The molecule has 1 aromatic carbocycles. The Labute approximate surface area is 97.2 Å². The van der Waals surface area contributed by atoms with Crippen LogP contribution in [0.3, 0.4) is 0 Å². The van der Waals surface area contributed by atoms with Crippen molar-refractivity contribution >= 4 is 11.4 Å². The van der Waals surface area contributed by atoms with E-state index in [9.17, 15) is 18.9 Å². The Bertz CT molecular complexity index is 424. The van der Waals surface area contributed by atoms with E-state index in [1.807, 2.05) is 4.90 Å². The van der Waals surface area contributed by atoms with E-state index in [0.29, 0.717) is 6.54 Å². The van der Waals surface area contributed by atoms with Gasteiger partial charge < -0.3 is 10.2 Å². The summed E-state index contributed by atoms with van der Waals surface area (Å²) in [5.41, 5.74) is -0.875. The third-order valence-electron chi connectivity index (χ3n) is 2.13. The van der Waals surface area contributed by atoms with Crippen LogP contribution in [0.2, 0.25) is 0 Å². The number of nitrogens with zero attached hydrogens (tertiary/aromatic N) is 2. The van der Waals surface area contributed by atoms with Gasteiger partial charge in [-0.15, -0.1) is 0 Å². The van der Waals surface area contributed by atoms with Crippen molar-refractivity contribution in [2.75, 3.05) is 32.5 Å². The van der Waals surface area contributed by atoms with Gasteiger partial charge in [0.1, 0.15) is 0 Å². The van der Waals surface area contributed by atoms with E-state index in [1.54, 1.807) is 14.1 Å². The van der Waals surface area contributed by atoms with Crippen molar-refractivity contribution in [3.63, 3.8) is 0 Å². The summed E-state index contributed by atoms with van der Waals surface area (Å²) in [5.74, 6) is -2.33. The standard InChI is InChI=1S/C10H13F2N3O2/c1-14(2)6-5-13-10-8(15(16)17)4-3-7(11)9(10)12/h3-4,13H,5-6H2,1-2H3. The highest BCUT2D eigenvalue weighted by Crippen LogP contribution is 2.28. The molecule has 1 rings (SSSR count). The summed E-state index contributed by atoms with van der Waals surface area (Å²) in [5, 5.41) is 13.2. The van der Waals surface area contributed by atoms with Crippen LogP contribution in [0.4, 0.5) is 20.2 Å². The van der Waals surface area contributed by atoms with Gasteiger partial charge in [0.05, 0.1) is 4.92 Å². The second kappa shape index (κ2) is 5.53. The minimum atomic E-state index is -1.22. The van der Waals surface area contributed by atoms with Crippen molar-refractivity contribution < 1.29 is 13.7 Å². The van der Waals surface area contributed by atoms with Crippen molar-refractivity contribution in [3.05, 3.63) is 33.9 Å². The van der Waals surface area contributed by atoms with Crippen molar-refractivity contribution in [1.82, 2.24) is 4.90 Å². The lowest BCUT2D eigenvalue weighted by molar-refractivity contribution is -0.384. The number of nitro benzene ring substituents is 1. The quantitative estimate of drug-likeness (QED) is 0.635. The molecule has 0 radical (unpaired) electrons. The average molecular weight is 245 g/mol. The van der Waals surface area contributed by atoms with E-state index in [1.165, 1.54) is 0 Å². The lowest BCUT2D eigenvalue weighted by Gasteiger charge is -2.12. The van der Waals surface area contributed by atoms with E-state index in [-0.39, 0.29) is 6.54 Å². The number of anilines is 1. The molecular weight excluding hydrogens is 232 g/mol. The minimum Gasteiger partial charge on any atom is -0.376 e. The third-order valence-corrected chi connectivity index (χ3v) is 2.13. The molecular formula is C10H13F2N3O2. The first-order chi connectivity index (χ1) is 7.93. The number of benzene rings is 1. The largest absolute Gasteiger partial charge is 0.376 e. The van der Waals surface area contributed by atoms with E-state index in [2.05, 4.69) is 5.32 Å². The third kappa shape index (κ3) is 3.35. The molecule has 7 heteroatoms. The maximum absolute atomic E-state index is 13.4. The highest BCUT2D eigenvalue weighted by atomic mass is 19.2. The molecule has 17 heavy (non-hydrogen) atoms. The van der Waals surface area contributed by atoms with Crippen LogP contribution in [0.15, 0.2) is 12.1 Å². The van der Waals surface area contributed by atoms with E-state index in [4.69, 9.17) is 0 Å². The molecule has 1 aromatic rings. The average Bonchev–Trinajstić information content (AvgIpc) is 2.23. The molecule has 0 aliphatic rings. The van der Waals surface area contributed by atoms with Crippen LogP contribution in [-0.4, -0.2) is 37.0 Å². The summed E-state index contributed by atoms with van der Waals surface area (Å²) in [6.45, 7) is 0.835. The molecule has 1 N–H and O–H groups in total. The molecule has 0 heterocycles. The van der Waals surface area contributed by atoms with Gasteiger partial charge in [0.15, 0.2) is 17.3 Å². The second-order valence-corrected chi connectivity index (χ2v) is 3.74. The summed E-state index contributed by atoms with van der Waals surface area (Å²) >= 11 is 0. The normalized spacial score (nSPS) is 10.6. The monoisotopic (exact) mass is 245 g/mol. The Kier molecular flexibility index (Phi) is 4.33. The van der Waals surface area contributed by atoms with Crippen molar-refractivity contribution in [2.45, 2.75) is 0 Å². The van der Waals surface area contributed by atoms with Gasteiger partial charge in [-0.3, -0.25) is 10.1 Å². The topological polar surface area (TPSA) is 58.4 Å². The molecule has 0 saturated heterocycles. The van der Waals surface area contributed by atoms with Crippen LogP contribution in [0, 0.1) is 21.7 Å². The van der Waals surface area contributed by atoms with Crippen LogP contribution in [0.5, 0.6) is 0 Å². The first-order valence-electron chi connectivity index (χ1n) is 4.94. The zero-order valence-corrected chi connectivity index (χ0v) is 9.54. The second-order valence-electron chi connectivity index (χ2n) is 3.74. The van der Waals surface area contributed by atoms with Crippen molar-refractivity contribution in [3.8, 4) is 0 Å². The Hall–Kier alpha value is -1.76. The number of nitrogens with one attached hydrogen (secondary N) is 1. The molecule has 0 fully saturated rings. The van der Waals surface area contributed by atoms with Crippen molar-refractivity contribution in [2.24, 2.45) is 0 Å². The molecule has 5 nitrogen and oxygen atoms in total. The number of hydrogen-bond donors (Lipinski definition) is 1. The minimum absolute atomic E-state index is 0.286. The Morgan fingerprint density at radius 3 is 2.59 bits per heavy atom. The number of hydrogen-bond acceptors (Lipinski definition) is 4. The molecule has 0 bridgehead atoms. The van der Waals surface area contributed by atoms with Crippen LogP contribution >= 0.6 is 0 Å². The van der Waals surface area contributed by atoms with E-state index in [0.717, 1.165) is 12.1 Å². The van der Waals surface area contributed by atoms with Gasteiger partial charge in [-0.1, -0.05) is 0 Å². The SMILES string of the molecule is CN(C)CCNc1c([N+](=O)[O-])ccc(F)c1F. The lowest BCUT2D eigenvalue weighted by atomic mass is 10.2. The summed E-state index contributed by atoms with van der Waals surface area (Å²) in [6, 6.07) is 1.68. The van der Waals surface area contributed by atoms with Gasteiger partial charge >= 0.3 is 0 Å². The predicted octanol–water partition coefficient (Wildman–Crippen LogP) is 1.85. The first-order valence-corrected chi connectivity index (χ1v) is 4.94. The van der Waals surface area contributed by atoms with Crippen LogP contribution in [-0.2, 0) is 0 Å². The van der Waals surface area contributed by atoms with Crippen molar-refractivity contribution in [1.29, 1.82) is 0 Å². The number of nitro groups is 1. The smallest absolute Gasteiger partial charge is 0.295 e. The highest BCUT2D eigenvalue weighted by Gasteiger charge is 2.20. The number of rotatable bonds is 5. The van der Waals surface area contributed by atoms with Gasteiger partial charge in [-0.25, -0.2) is 8.78 Å². The van der Waals surface area contributed by atoms with Crippen LogP contribution in [0.1, 0.15) is 0 Å². The zero-order valence-electron chi connectivity index (χ0n) is 9.54. The van der Waals surface area contributed by atoms with Gasteiger partial charge in [0.25, 0.3) is 5.69 Å². The maximum Gasteiger partial charge on any atom is 0.295 e. The maximum atomic E-state index is 13.4. The fourth-order valence-corrected chi connectivity index (χ4v) is 1.27. The molecule has 0 aliphatic heterocycles. The van der Waals surface area contributed by atoms with Gasteiger partial charge in [0, 0.05) is 19.2 Å². The predicted molar refractivity (Wildman–Crippen MR) is 60.1 cm³/mol. The van der Waals surface area contributed by atoms with Crippen LogP contribution < -0.4 is 5.32 Å². The van der Waals surface area contributed by atoms with Gasteiger partial charge in [0.2, 0.25) is 0 Å². The molecule has 0 amide bonds. The lowest BCUT2D eigenvalue weighted by Crippen LogP contribution is -2.21.